The number of nitrogens with one attached hydrogen (secondary N) is 2. The molecule has 0 atom stereocenters. The lowest BCUT2D eigenvalue weighted by Gasteiger charge is -2.17. The van der Waals surface area contributed by atoms with Crippen LogP contribution in [-0.4, -0.2) is 20.9 Å². The number of amides is 1. The van der Waals surface area contributed by atoms with Gasteiger partial charge in [-0.25, -0.2) is 17.2 Å². The number of hydrogen-bond acceptors (Lipinski definition) is 3. The summed E-state index contributed by atoms with van der Waals surface area (Å²) in [6.07, 6.45) is 0.664. The van der Waals surface area contributed by atoms with Crippen LogP contribution in [0.4, 0.5) is 14.5 Å². The molecule has 0 bridgehead atoms. The predicted octanol–water partition coefficient (Wildman–Crippen LogP) is 2.05. The van der Waals surface area contributed by atoms with Gasteiger partial charge >= 0.3 is 0 Å². The number of halogens is 2. The predicted molar refractivity (Wildman–Crippen MR) is 79.6 cm³/mol. The standard InChI is InChI=1S/C15H12F2N2O3S/c16-13-4-3-11(8-14(13)17)23(21,22)19-10-2-1-9-5-6-18-15(20)12(9)7-10/h1-4,7-8,19H,5-6H2,(H,18,20). The van der Waals surface area contributed by atoms with Gasteiger partial charge in [0.1, 0.15) is 0 Å². The molecular formula is C15H12F2N2O3S. The maximum atomic E-state index is 13.2. The molecule has 3 rings (SSSR count). The van der Waals surface area contributed by atoms with Crippen LogP contribution in [0.1, 0.15) is 15.9 Å². The van der Waals surface area contributed by atoms with Crippen molar-refractivity contribution in [2.45, 2.75) is 11.3 Å². The quantitative estimate of drug-likeness (QED) is 0.899. The van der Waals surface area contributed by atoms with Crippen LogP contribution >= 0.6 is 0 Å². The molecule has 0 aliphatic carbocycles. The summed E-state index contributed by atoms with van der Waals surface area (Å²) >= 11 is 0. The highest BCUT2D eigenvalue weighted by Gasteiger charge is 2.20. The first-order valence-corrected chi connectivity index (χ1v) is 8.24. The molecule has 0 fully saturated rings. The molecule has 8 heteroatoms. The number of hydrogen-bond donors (Lipinski definition) is 2. The minimum absolute atomic E-state index is 0.172. The zero-order chi connectivity index (χ0) is 16.6. The zero-order valence-corrected chi connectivity index (χ0v) is 12.6. The Hall–Kier alpha value is -2.48. The number of anilines is 1. The van der Waals surface area contributed by atoms with Crippen molar-refractivity contribution in [2.75, 3.05) is 11.3 Å². The summed E-state index contributed by atoms with van der Waals surface area (Å²) in [7, 11) is -4.08. The molecule has 0 saturated heterocycles. The van der Waals surface area contributed by atoms with E-state index in [9.17, 15) is 22.0 Å². The molecule has 1 aliphatic heterocycles. The third-order valence-electron chi connectivity index (χ3n) is 3.49. The summed E-state index contributed by atoms with van der Waals surface area (Å²) in [4.78, 5) is 11.4. The van der Waals surface area contributed by atoms with Crippen LogP contribution in [-0.2, 0) is 16.4 Å². The molecule has 1 aliphatic rings. The van der Waals surface area contributed by atoms with E-state index in [4.69, 9.17) is 0 Å². The molecule has 0 aromatic heterocycles. The fraction of sp³-hybridized carbons (Fsp3) is 0.133. The van der Waals surface area contributed by atoms with E-state index >= 15 is 0 Å². The zero-order valence-electron chi connectivity index (χ0n) is 11.8. The summed E-state index contributed by atoms with van der Waals surface area (Å²) in [5.74, 6) is -2.66. The molecular weight excluding hydrogens is 326 g/mol. The summed E-state index contributed by atoms with van der Waals surface area (Å²) in [5.41, 5.74) is 1.39. The SMILES string of the molecule is O=C1NCCc2ccc(NS(=O)(=O)c3ccc(F)c(F)c3)cc21. The van der Waals surface area contributed by atoms with Gasteiger partial charge in [-0.1, -0.05) is 6.07 Å². The van der Waals surface area contributed by atoms with E-state index < -0.39 is 26.6 Å². The van der Waals surface area contributed by atoms with Crippen molar-refractivity contribution in [3.8, 4) is 0 Å². The van der Waals surface area contributed by atoms with Crippen LogP contribution in [0.3, 0.4) is 0 Å². The lowest BCUT2D eigenvalue weighted by atomic mass is 10.00. The second-order valence-electron chi connectivity index (χ2n) is 5.06. The Labute approximate surface area is 131 Å². The summed E-state index contributed by atoms with van der Waals surface area (Å²) in [6.45, 7) is 0.533. The Morgan fingerprint density at radius 3 is 2.57 bits per heavy atom. The van der Waals surface area contributed by atoms with E-state index in [1.165, 1.54) is 12.1 Å². The molecule has 2 N–H and O–H groups in total. The van der Waals surface area contributed by atoms with Crippen molar-refractivity contribution in [3.63, 3.8) is 0 Å². The largest absolute Gasteiger partial charge is 0.352 e. The number of rotatable bonds is 3. The number of carbonyl (C=O) groups is 1. The van der Waals surface area contributed by atoms with Crippen LogP contribution in [0.25, 0.3) is 0 Å². The lowest BCUT2D eigenvalue weighted by molar-refractivity contribution is 0.0946. The second kappa shape index (κ2) is 5.62. The smallest absolute Gasteiger partial charge is 0.261 e. The van der Waals surface area contributed by atoms with Crippen molar-refractivity contribution in [3.05, 3.63) is 59.2 Å². The normalized spacial score (nSPS) is 14.1. The van der Waals surface area contributed by atoms with Crippen LogP contribution in [0.15, 0.2) is 41.3 Å². The van der Waals surface area contributed by atoms with Gasteiger partial charge < -0.3 is 5.32 Å². The van der Waals surface area contributed by atoms with Gasteiger partial charge in [0, 0.05) is 17.8 Å². The Balaban J connectivity index is 1.93. The Morgan fingerprint density at radius 1 is 1.04 bits per heavy atom. The highest BCUT2D eigenvalue weighted by molar-refractivity contribution is 7.92. The van der Waals surface area contributed by atoms with Gasteiger partial charge in [-0.2, -0.15) is 0 Å². The van der Waals surface area contributed by atoms with Crippen molar-refractivity contribution in [2.24, 2.45) is 0 Å². The molecule has 1 heterocycles. The van der Waals surface area contributed by atoms with Gasteiger partial charge in [-0.15, -0.1) is 0 Å². The van der Waals surface area contributed by atoms with E-state index in [2.05, 4.69) is 10.0 Å². The first-order chi connectivity index (χ1) is 10.9. The van der Waals surface area contributed by atoms with Gasteiger partial charge in [0.25, 0.3) is 15.9 Å². The molecule has 23 heavy (non-hydrogen) atoms. The average Bonchev–Trinajstić information content (AvgIpc) is 2.50. The van der Waals surface area contributed by atoms with Crippen LogP contribution in [0, 0.1) is 11.6 Å². The molecule has 2 aromatic rings. The molecule has 0 spiro atoms. The summed E-state index contributed by atoms with van der Waals surface area (Å²) in [6, 6.07) is 6.91. The topological polar surface area (TPSA) is 75.3 Å². The van der Waals surface area contributed by atoms with E-state index in [-0.39, 0.29) is 11.6 Å². The third kappa shape index (κ3) is 3.02. The third-order valence-corrected chi connectivity index (χ3v) is 4.87. The molecule has 120 valence electrons. The fourth-order valence-corrected chi connectivity index (χ4v) is 3.39. The molecule has 2 aromatic carbocycles. The minimum atomic E-state index is -4.08. The number of carbonyl (C=O) groups excluding carboxylic acids is 1. The van der Waals surface area contributed by atoms with Crippen LogP contribution in [0.5, 0.6) is 0 Å². The molecule has 5 nitrogen and oxygen atoms in total. The summed E-state index contributed by atoms with van der Waals surface area (Å²) in [5, 5.41) is 2.67. The van der Waals surface area contributed by atoms with E-state index in [1.54, 1.807) is 6.07 Å². The van der Waals surface area contributed by atoms with Gasteiger partial charge in [-0.05, 0) is 42.3 Å². The van der Waals surface area contributed by atoms with Gasteiger partial charge in [0.15, 0.2) is 11.6 Å². The molecule has 0 saturated carbocycles. The van der Waals surface area contributed by atoms with Crippen LogP contribution < -0.4 is 10.0 Å². The van der Waals surface area contributed by atoms with Crippen molar-refractivity contribution >= 4 is 21.6 Å². The van der Waals surface area contributed by atoms with Crippen LogP contribution in [0.2, 0.25) is 0 Å². The van der Waals surface area contributed by atoms with E-state index in [0.717, 1.165) is 17.7 Å². The first kappa shape index (κ1) is 15.4. The fourth-order valence-electron chi connectivity index (χ4n) is 2.33. The number of sulfonamides is 1. The van der Waals surface area contributed by atoms with Gasteiger partial charge in [0.05, 0.1) is 4.90 Å². The van der Waals surface area contributed by atoms with E-state index in [1.807, 2.05) is 0 Å². The number of fused-ring (bicyclic) bond motifs is 1. The Bertz CT molecular complexity index is 898. The Kier molecular flexibility index (Phi) is 3.77. The maximum Gasteiger partial charge on any atom is 0.261 e. The maximum absolute atomic E-state index is 13.2. The van der Waals surface area contributed by atoms with Gasteiger partial charge in [-0.3, -0.25) is 9.52 Å². The second-order valence-corrected chi connectivity index (χ2v) is 6.74. The summed E-state index contributed by atoms with van der Waals surface area (Å²) < 4.78 is 52.8. The Morgan fingerprint density at radius 2 is 1.83 bits per heavy atom. The molecule has 1 amide bonds. The average molecular weight is 338 g/mol. The monoisotopic (exact) mass is 338 g/mol. The van der Waals surface area contributed by atoms with E-state index in [0.29, 0.717) is 24.6 Å². The van der Waals surface area contributed by atoms with Crippen molar-refractivity contribution in [1.29, 1.82) is 0 Å². The van der Waals surface area contributed by atoms with Crippen molar-refractivity contribution < 1.29 is 22.0 Å². The van der Waals surface area contributed by atoms with Crippen molar-refractivity contribution in [1.82, 2.24) is 5.32 Å². The highest BCUT2D eigenvalue weighted by atomic mass is 32.2. The minimum Gasteiger partial charge on any atom is -0.352 e. The first-order valence-electron chi connectivity index (χ1n) is 6.76. The molecule has 0 radical (unpaired) electrons. The highest BCUT2D eigenvalue weighted by Crippen LogP contribution is 2.22. The number of benzene rings is 2. The lowest BCUT2D eigenvalue weighted by Crippen LogP contribution is -2.31. The molecule has 0 unspecified atom stereocenters. The van der Waals surface area contributed by atoms with Gasteiger partial charge in [0.2, 0.25) is 0 Å².